The second-order valence-electron chi connectivity index (χ2n) is 8.65. The van der Waals surface area contributed by atoms with E-state index in [1.165, 1.54) is 70.6 Å². The number of ketones is 1. The van der Waals surface area contributed by atoms with Gasteiger partial charge in [0.2, 0.25) is 0 Å². The number of hydrogen-bond acceptors (Lipinski definition) is 4. The summed E-state index contributed by atoms with van der Waals surface area (Å²) in [5, 5.41) is 11.8. The third-order valence-electron chi connectivity index (χ3n) is 6.40. The summed E-state index contributed by atoms with van der Waals surface area (Å²) < 4.78 is 5.80. The monoisotopic (exact) mass is 380 g/mol. The summed E-state index contributed by atoms with van der Waals surface area (Å²) >= 11 is 0. The molecule has 0 atom stereocenters. The minimum absolute atomic E-state index is 0.108. The number of unbranched alkanes of at least 4 members (excludes halogenated alkanes) is 8. The second-order valence-corrected chi connectivity index (χ2v) is 8.65. The van der Waals surface area contributed by atoms with Crippen molar-refractivity contribution in [3.8, 4) is 0 Å². The van der Waals surface area contributed by atoms with Gasteiger partial charge in [0.05, 0.1) is 5.41 Å². The van der Waals surface area contributed by atoms with E-state index in [-0.39, 0.29) is 11.6 Å². The first kappa shape index (κ1) is 22.2. The lowest BCUT2D eigenvalue weighted by Gasteiger charge is -2.11. The van der Waals surface area contributed by atoms with Gasteiger partial charge in [-0.05, 0) is 44.4 Å². The number of nitrogens with two attached hydrogens (primary N) is 1. The summed E-state index contributed by atoms with van der Waals surface area (Å²) in [5.74, 6) is 1.11. The molecule has 0 aromatic carbocycles. The number of Topliss-reactive ketones (excluding diaryl/α,β-unsaturated/α-hetero) is 1. The molecule has 0 aromatic heterocycles. The van der Waals surface area contributed by atoms with Gasteiger partial charge in [-0.3, -0.25) is 4.79 Å². The number of hydrogen-bond donors (Lipinski definition) is 2. The maximum absolute atomic E-state index is 12.2. The molecule has 3 N–H and O–H groups in total. The van der Waals surface area contributed by atoms with Crippen LogP contribution in [-0.2, 0) is 9.53 Å². The Morgan fingerprint density at radius 1 is 0.963 bits per heavy atom. The first-order valence-electron chi connectivity index (χ1n) is 11.3. The van der Waals surface area contributed by atoms with Crippen LogP contribution in [0.4, 0.5) is 0 Å². The van der Waals surface area contributed by atoms with Crippen LogP contribution in [0.2, 0.25) is 0 Å². The molecule has 2 aliphatic carbocycles. The van der Waals surface area contributed by atoms with Gasteiger partial charge in [0, 0.05) is 19.6 Å². The van der Waals surface area contributed by atoms with Gasteiger partial charge in [-0.1, -0.05) is 62.9 Å². The van der Waals surface area contributed by atoms with Crippen LogP contribution in [0.5, 0.6) is 0 Å². The fourth-order valence-corrected chi connectivity index (χ4v) is 4.29. The van der Waals surface area contributed by atoms with Crippen LogP contribution in [-0.4, -0.2) is 30.0 Å². The molecule has 156 valence electrons. The van der Waals surface area contributed by atoms with Gasteiger partial charge in [-0.25, -0.2) is 0 Å². The van der Waals surface area contributed by atoms with Crippen molar-refractivity contribution in [1.29, 1.82) is 0 Å². The van der Waals surface area contributed by atoms with Crippen molar-refractivity contribution in [3.05, 3.63) is 0 Å². The average molecular weight is 381 g/mol. The Morgan fingerprint density at radius 2 is 1.52 bits per heavy atom. The largest absolute Gasteiger partial charge is 0.409 e. The van der Waals surface area contributed by atoms with Gasteiger partial charge in [0.15, 0.2) is 5.84 Å². The molecule has 27 heavy (non-hydrogen) atoms. The van der Waals surface area contributed by atoms with E-state index in [1.54, 1.807) is 0 Å². The van der Waals surface area contributed by atoms with Gasteiger partial charge < -0.3 is 15.7 Å². The molecule has 0 aliphatic heterocycles. The zero-order valence-corrected chi connectivity index (χ0v) is 17.1. The lowest BCUT2D eigenvalue weighted by molar-refractivity contribution is -0.122. The predicted molar refractivity (Wildman–Crippen MR) is 109 cm³/mol. The summed E-state index contributed by atoms with van der Waals surface area (Å²) in [7, 11) is 0. The number of nitrogens with zero attached hydrogens (tertiary/aromatic N) is 1. The molecule has 0 bridgehead atoms. The summed E-state index contributed by atoms with van der Waals surface area (Å²) in [4.78, 5) is 12.2. The van der Waals surface area contributed by atoms with Crippen molar-refractivity contribution in [2.75, 3.05) is 13.2 Å². The molecule has 0 heterocycles. The summed E-state index contributed by atoms with van der Waals surface area (Å²) in [6.45, 7) is 1.93. The van der Waals surface area contributed by atoms with E-state index in [9.17, 15) is 4.79 Å². The van der Waals surface area contributed by atoms with Gasteiger partial charge in [-0.15, -0.1) is 0 Å². The molecule has 0 unspecified atom stereocenters. The first-order chi connectivity index (χ1) is 13.2. The molecule has 0 amide bonds. The Morgan fingerprint density at radius 3 is 2.07 bits per heavy atom. The van der Waals surface area contributed by atoms with Gasteiger partial charge in [-0.2, -0.15) is 0 Å². The molecule has 2 saturated carbocycles. The second kappa shape index (κ2) is 12.4. The van der Waals surface area contributed by atoms with Crippen molar-refractivity contribution >= 4 is 11.6 Å². The zero-order chi connectivity index (χ0) is 19.4. The number of rotatable bonds is 16. The van der Waals surface area contributed by atoms with Crippen LogP contribution in [0.1, 0.15) is 103 Å². The van der Waals surface area contributed by atoms with Crippen LogP contribution < -0.4 is 5.73 Å². The molecule has 0 saturated heterocycles. The molecule has 2 fully saturated rings. The number of ether oxygens (including phenoxy) is 1. The minimum Gasteiger partial charge on any atom is -0.409 e. The highest BCUT2D eigenvalue weighted by molar-refractivity contribution is 6.10. The van der Waals surface area contributed by atoms with Crippen molar-refractivity contribution in [2.45, 2.75) is 103 Å². The summed E-state index contributed by atoms with van der Waals surface area (Å²) in [5.41, 5.74) is 5.04. The maximum Gasteiger partial charge on any atom is 0.152 e. The lowest BCUT2D eigenvalue weighted by atomic mass is 9.95. The highest BCUT2D eigenvalue weighted by atomic mass is 16.5. The molecule has 0 radical (unpaired) electrons. The molecular formula is C22H40N2O3. The molecular weight excluding hydrogens is 340 g/mol. The van der Waals surface area contributed by atoms with Crippen LogP contribution in [0.25, 0.3) is 0 Å². The highest BCUT2D eigenvalue weighted by Crippen LogP contribution is 2.47. The zero-order valence-electron chi connectivity index (χ0n) is 17.1. The number of carbonyl (C=O) groups is 1. The van der Waals surface area contributed by atoms with Crippen LogP contribution >= 0.6 is 0 Å². The van der Waals surface area contributed by atoms with Gasteiger partial charge in [0.1, 0.15) is 5.78 Å². The molecule has 0 spiro atoms. The fraction of sp³-hybridized carbons (Fsp3) is 0.909. The van der Waals surface area contributed by atoms with Crippen LogP contribution in [0, 0.1) is 11.3 Å². The Bertz CT molecular complexity index is 454. The van der Waals surface area contributed by atoms with E-state index in [0.29, 0.717) is 6.42 Å². The number of amidine groups is 1. The van der Waals surface area contributed by atoms with Crippen LogP contribution in [0.15, 0.2) is 5.16 Å². The Kier molecular flexibility index (Phi) is 10.2. The third kappa shape index (κ3) is 7.81. The lowest BCUT2D eigenvalue weighted by Crippen LogP contribution is -2.32. The smallest absolute Gasteiger partial charge is 0.152 e. The van der Waals surface area contributed by atoms with E-state index < -0.39 is 5.41 Å². The van der Waals surface area contributed by atoms with E-state index in [0.717, 1.165) is 44.8 Å². The summed E-state index contributed by atoms with van der Waals surface area (Å²) in [6.07, 6.45) is 18.5. The molecule has 5 nitrogen and oxygen atoms in total. The predicted octanol–water partition coefficient (Wildman–Crippen LogP) is 5.19. The van der Waals surface area contributed by atoms with E-state index in [4.69, 9.17) is 15.7 Å². The Balaban J connectivity index is 1.31. The molecule has 2 rings (SSSR count). The highest BCUT2D eigenvalue weighted by Gasteiger charge is 2.52. The van der Waals surface area contributed by atoms with E-state index >= 15 is 0 Å². The topological polar surface area (TPSA) is 84.9 Å². The molecule has 2 aliphatic rings. The maximum atomic E-state index is 12.2. The SMILES string of the molecule is N/C(=N\O)C1(C(=O)CCCCCCCCCCCOCC2CCCC2)CC1. The van der Waals surface area contributed by atoms with Crippen LogP contribution in [0.3, 0.4) is 0 Å². The minimum atomic E-state index is -0.616. The number of carbonyl (C=O) groups excluding carboxylic acids is 1. The summed E-state index contributed by atoms with van der Waals surface area (Å²) in [6, 6.07) is 0. The quantitative estimate of drug-likeness (QED) is 0.127. The number of oxime groups is 1. The van der Waals surface area contributed by atoms with Crippen molar-refractivity contribution in [2.24, 2.45) is 22.2 Å². The van der Waals surface area contributed by atoms with Crippen molar-refractivity contribution < 1.29 is 14.7 Å². The van der Waals surface area contributed by atoms with E-state index in [2.05, 4.69) is 5.16 Å². The first-order valence-corrected chi connectivity index (χ1v) is 11.3. The average Bonchev–Trinajstić information content (AvgIpc) is 3.34. The fourth-order valence-electron chi connectivity index (χ4n) is 4.29. The Hall–Kier alpha value is -1.10. The Labute approximate surface area is 165 Å². The molecule has 5 heteroatoms. The van der Waals surface area contributed by atoms with Gasteiger partial charge >= 0.3 is 0 Å². The standard InChI is InChI=1S/C22H40N2O3/c23-21(24-26)22(15-16-22)20(25)14-8-6-4-2-1-3-5-7-11-17-27-18-19-12-9-10-13-19/h19,26H,1-18H2,(H2,23,24). The van der Waals surface area contributed by atoms with Gasteiger partial charge in [0.25, 0.3) is 0 Å². The molecule has 0 aromatic rings. The van der Waals surface area contributed by atoms with Crippen molar-refractivity contribution in [3.63, 3.8) is 0 Å². The third-order valence-corrected chi connectivity index (χ3v) is 6.40. The van der Waals surface area contributed by atoms with Crippen molar-refractivity contribution in [1.82, 2.24) is 0 Å². The van der Waals surface area contributed by atoms with E-state index in [1.807, 2.05) is 0 Å². The normalized spacial score (nSPS) is 19.5.